The van der Waals surface area contributed by atoms with Crippen LogP contribution >= 0.6 is 0 Å². The Hall–Kier alpha value is -7.55. The predicted octanol–water partition coefficient (Wildman–Crippen LogP) is 12.3. The number of aromatic nitrogens is 4. The molecule has 0 aliphatic heterocycles. The second kappa shape index (κ2) is 16.0. The lowest BCUT2D eigenvalue weighted by Crippen LogP contribution is -1.96. The minimum Gasteiger partial charge on any atom is -0.244 e. The zero-order chi connectivity index (χ0) is 37.4. The van der Waals surface area contributed by atoms with Crippen molar-refractivity contribution in [2.24, 2.45) is 0 Å². The Morgan fingerprint density at radius 2 is 0.745 bits per heavy atom. The van der Waals surface area contributed by atoms with Crippen LogP contribution in [0, 0.1) is 18.3 Å². The number of rotatable bonds is 6. The van der Waals surface area contributed by atoms with Gasteiger partial charge in [0.2, 0.25) is 0 Å². The molecule has 0 saturated carbocycles. The summed E-state index contributed by atoms with van der Waals surface area (Å²) in [4.78, 5) is 20.0. The summed E-state index contributed by atoms with van der Waals surface area (Å²) in [5.41, 5.74) is 14.0. The zero-order valence-corrected chi connectivity index (χ0v) is 30.2. The van der Waals surface area contributed by atoms with Crippen molar-refractivity contribution >= 4 is 11.0 Å². The summed E-state index contributed by atoms with van der Waals surface area (Å²) < 4.78 is 0. The van der Waals surface area contributed by atoms with Crippen LogP contribution in [0.5, 0.6) is 0 Å². The Balaban J connectivity index is 0.000000551. The third-order valence-corrected chi connectivity index (χ3v) is 9.30. The Morgan fingerprint density at radius 1 is 0.364 bits per heavy atom. The maximum Gasteiger partial charge on any atom is 0.160 e. The first-order chi connectivity index (χ1) is 27.1. The SMILES string of the molecule is Cc1ccccc1.N#Cc1ccc(-c2nc3ccccc3nc2-c2ccc(-c3ccc(-c4nc(-c5ccccc5)cc(-c5ccccc5)n4)cc3)cc2)cc1. The number of nitrogens with zero attached hydrogens (tertiary/aromatic N) is 5. The number of hydrogen-bond donors (Lipinski definition) is 0. The van der Waals surface area contributed by atoms with Crippen molar-refractivity contribution < 1.29 is 0 Å². The molecule has 5 nitrogen and oxygen atoms in total. The van der Waals surface area contributed by atoms with Gasteiger partial charge in [0, 0.05) is 27.8 Å². The van der Waals surface area contributed by atoms with Crippen molar-refractivity contribution in [2.45, 2.75) is 6.92 Å². The number of fused-ring (bicyclic) bond motifs is 1. The van der Waals surface area contributed by atoms with Gasteiger partial charge in [-0.3, -0.25) is 0 Å². The molecular formula is C50H35N5. The molecule has 0 aliphatic rings. The molecule has 55 heavy (non-hydrogen) atoms. The molecular weight excluding hydrogens is 671 g/mol. The summed E-state index contributed by atoms with van der Waals surface area (Å²) in [6, 6.07) is 67.1. The molecule has 5 heteroatoms. The summed E-state index contributed by atoms with van der Waals surface area (Å²) in [5.74, 6) is 0.683. The maximum atomic E-state index is 9.29. The predicted molar refractivity (Wildman–Crippen MR) is 224 cm³/mol. The third kappa shape index (κ3) is 7.95. The van der Waals surface area contributed by atoms with Gasteiger partial charge in [0.15, 0.2) is 5.82 Å². The summed E-state index contributed by atoms with van der Waals surface area (Å²) in [5, 5.41) is 9.29. The molecule has 0 saturated heterocycles. The summed E-state index contributed by atoms with van der Waals surface area (Å²) >= 11 is 0. The van der Waals surface area contributed by atoms with E-state index in [4.69, 9.17) is 19.9 Å². The second-order valence-electron chi connectivity index (χ2n) is 13.1. The molecule has 7 aromatic carbocycles. The maximum absolute atomic E-state index is 9.29. The van der Waals surface area contributed by atoms with Crippen LogP contribution < -0.4 is 0 Å². The largest absolute Gasteiger partial charge is 0.244 e. The van der Waals surface area contributed by atoms with E-state index >= 15 is 0 Å². The smallest absolute Gasteiger partial charge is 0.160 e. The van der Waals surface area contributed by atoms with E-state index in [9.17, 15) is 5.26 Å². The van der Waals surface area contributed by atoms with Crippen LogP contribution in [0.1, 0.15) is 11.1 Å². The molecule has 0 spiro atoms. The van der Waals surface area contributed by atoms with Gasteiger partial charge in [-0.2, -0.15) is 5.26 Å². The van der Waals surface area contributed by atoms with Crippen molar-refractivity contribution in [3.63, 3.8) is 0 Å². The van der Waals surface area contributed by atoms with Gasteiger partial charge in [-0.1, -0.05) is 169 Å². The fourth-order valence-corrected chi connectivity index (χ4v) is 6.36. The number of para-hydroxylation sites is 2. The van der Waals surface area contributed by atoms with Gasteiger partial charge in [0.25, 0.3) is 0 Å². The topological polar surface area (TPSA) is 75.3 Å². The highest BCUT2D eigenvalue weighted by Crippen LogP contribution is 2.34. The fraction of sp³-hybridized carbons (Fsp3) is 0.0200. The molecule has 0 atom stereocenters. The Kier molecular flexibility index (Phi) is 10.0. The molecule has 9 aromatic rings. The highest BCUT2D eigenvalue weighted by atomic mass is 14.9. The monoisotopic (exact) mass is 705 g/mol. The lowest BCUT2D eigenvalue weighted by molar-refractivity contribution is 1.18. The van der Waals surface area contributed by atoms with Crippen LogP contribution in [0.25, 0.3) is 78.6 Å². The van der Waals surface area contributed by atoms with Gasteiger partial charge in [-0.05, 0) is 48.4 Å². The van der Waals surface area contributed by atoms with E-state index in [2.05, 4.69) is 104 Å². The van der Waals surface area contributed by atoms with Crippen molar-refractivity contribution in [3.05, 3.63) is 205 Å². The molecule has 0 aliphatic carbocycles. The van der Waals surface area contributed by atoms with E-state index in [0.29, 0.717) is 11.4 Å². The number of hydrogen-bond acceptors (Lipinski definition) is 5. The van der Waals surface area contributed by atoms with E-state index in [0.717, 1.165) is 72.8 Å². The van der Waals surface area contributed by atoms with Crippen LogP contribution in [-0.4, -0.2) is 19.9 Å². The number of benzene rings is 7. The van der Waals surface area contributed by atoms with E-state index in [1.165, 1.54) is 5.56 Å². The molecule has 0 N–H and O–H groups in total. The molecule has 0 unspecified atom stereocenters. The van der Waals surface area contributed by atoms with Gasteiger partial charge in [-0.15, -0.1) is 0 Å². The highest BCUT2D eigenvalue weighted by Gasteiger charge is 2.15. The quantitative estimate of drug-likeness (QED) is 0.172. The first-order valence-electron chi connectivity index (χ1n) is 18.1. The average molecular weight is 706 g/mol. The lowest BCUT2D eigenvalue weighted by atomic mass is 9.98. The molecule has 0 amide bonds. The summed E-state index contributed by atoms with van der Waals surface area (Å²) in [7, 11) is 0. The van der Waals surface area contributed by atoms with Gasteiger partial charge in [0.1, 0.15) is 0 Å². The average Bonchev–Trinajstić information content (AvgIpc) is 3.27. The second-order valence-corrected chi connectivity index (χ2v) is 13.1. The first kappa shape index (κ1) is 34.5. The standard InChI is InChI=1S/C43H27N5.C7H8/c44-28-29-15-17-34(18-16-29)41-42(46-38-14-8-7-13-37(38)45-41)35-23-19-30(20-24-35)31-21-25-36(26-22-31)43-47-39(32-9-3-1-4-10-32)27-40(48-43)33-11-5-2-6-12-33;1-7-5-3-2-4-6-7/h1-27H;2-6H,1H3. The van der Waals surface area contributed by atoms with Crippen molar-refractivity contribution in [1.82, 2.24) is 19.9 Å². The third-order valence-electron chi connectivity index (χ3n) is 9.30. The highest BCUT2D eigenvalue weighted by molar-refractivity contribution is 5.87. The minimum absolute atomic E-state index is 0.608. The Bertz CT molecular complexity index is 2670. The Labute approximate surface area is 321 Å². The fourth-order valence-electron chi connectivity index (χ4n) is 6.36. The van der Waals surface area contributed by atoms with Gasteiger partial charge in [-0.25, -0.2) is 19.9 Å². The molecule has 260 valence electrons. The summed E-state index contributed by atoms with van der Waals surface area (Å²) in [6.07, 6.45) is 0. The number of nitriles is 1. The van der Waals surface area contributed by atoms with Crippen molar-refractivity contribution in [1.29, 1.82) is 5.26 Å². The molecule has 0 radical (unpaired) electrons. The van der Waals surface area contributed by atoms with Crippen LogP contribution in [-0.2, 0) is 0 Å². The van der Waals surface area contributed by atoms with Crippen LogP contribution in [0.15, 0.2) is 194 Å². The zero-order valence-electron chi connectivity index (χ0n) is 30.2. The van der Waals surface area contributed by atoms with Crippen LogP contribution in [0.2, 0.25) is 0 Å². The van der Waals surface area contributed by atoms with E-state index < -0.39 is 0 Å². The molecule has 9 rings (SSSR count). The van der Waals surface area contributed by atoms with Gasteiger partial charge in [0.05, 0.1) is 45.4 Å². The number of aryl methyl sites for hydroxylation is 1. The van der Waals surface area contributed by atoms with Crippen LogP contribution in [0.3, 0.4) is 0 Å². The van der Waals surface area contributed by atoms with Gasteiger partial charge < -0.3 is 0 Å². The molecule has 0 bridgehead atoms. The van der Waals surface area contributed by atoms with Gasteiger partial charge >= 0.3 is 0 Å². The molecule has 2 heterocycles. The Morgan fingerprint density at radius 3 is 1.16 bits per heavy atom. The lowest BCUT2D eigenvalue weighted by Gasteiger charge is -2.12. The normalized spacial score (nSPS) is 10.6. The van der Waals surface area contributed by atoms with Crippen molar-refractivity contribution in [3.8, 4) is 73.6 Å². The van der Waals surface area contributed by atoms with E-state index in [1.54, 1.807) is 0 Å². The molecule has 2 aromatic heterocycles. The molecule has 0 fully saturated rings. The van der Waals surface area contributed by atoms with Crippen molar-refractivity contribution in [2.75, 3.05) is 0 Å². The van der Waals surface area contributed by atoms with E-state index in [1.807, 2.05) is 103 Å². The van der Waals surface area contributed by atoms with E-state index in [-0.39, 0.29) is 0 Å². The first-order valence-corrected chi connectivity index (χ1v) is 18.1. The summed E-state index contributed by atoms with van der Waals surface area (Å²) in [6.45, 7) is 2.08. The van der Waals surface area contributed by atoms with Crippen LogP contribution in [0.4, 0.5) is 0 Å². The minimum atomic E-state index is 0.608.